The van der Waals surface area contributed by atoms with Gasteiger partial charge in [0, 0.05) is 12.3 Å². The molecule has 0 aliphatic carbocycles. The van der Waals surface area contributed by atoms with Crippen LogP contribution in [0.4, 0.5) is 5.69 Å². The molecule has 1 aromatic carbocycles. The Bertz CT molecular complexity index is 463. The van der Waals surface area contributed by atoms with Crippen LogP contribution in [0.3, 0.4) is 0 Å². The molecule has 1 unspecified atom stereocenters. The summed E-state index contributed by atoms with van der Waals surface area (Å²) in [7, 11) is 0. The molecule has 5 heteroatoms. The molecule has 0 aromatic heterocycles. The number of ether oxygens (including phenoxy) is 2. The summed E-state index contributed by atoms with van der Waals surface area (Å²) in [4.78, 5) is 23.3. The Hall–Kier alpha value is -1.88. The predicted octanol–water partition coefficient (Wildman–Crippen LogP) is 2.37. The number of amides is 1. The molecule has 1 heterocycles. The fourth-order valence-corrected chi connectivity index (χ4v) is 2.13. The van der Waals surface area contributed by atoms with Crippen LogP contribution in [0.1, 0.15) is 36.5 Å². The largest absolute Gasteiger partial charge is 0.462 e. The number of nitrogens with one attached hydrogen (secondary N) is 1. The summed E-state index contributed by atoms with van der Waals surface area (Å²) in [5, 5.41) is 2.80. The lowest BCUT2D eigenvalue weighted by molar-refractivity contribution is -0.118. The van der Waals surface area contributed by atoms with Crippen molar-refractivity contribution in [1.82, 2.24) is 0 Å². The topological polar surface area (TPSA) is 64.6 Å². The van der Waals surface area contributed by atoms with E-state index in [9.17, 15) is 9.59 Å². The third kappa shape index (κ3) is 4.06. The number of anilines is 1. The van der Waals surface area contributed by atoms with E-state index in [4.69, 9.17) is 9.47 Å². The second-order valence-corrected chi connectivity index (χ2v) is 4.69. The smallest absolute Gasteiger partial charge is 0.338 e. The van der Waals surface area contributed by atoms with Crippen LogP contribution in [-0.4, -0.2) is 31.2 Å². The fourth-order valence-electron chi connectivity index (χ4n) is 2.13. The van der Waals surface area contributed by atoms with Crippen LogP contribution in [0.25, 0.3) is 0 Å². The summed E-state index contributed by atoms with van der Waals surface area (Å²) in [6, 6.07) is 6.67. The van der Waals surface area contributed by atoms with Gasteiger partial charge < -0.3 is 14.8 Å². The van der Waals surface area contributed by atoms with Gasteiger partial charge in [-0.1, -0.05) is 0 Å². The summed E-state index contributed by atoms with van der Waals surface area (Å²) >= 11 is 0. The van der Waals surface area contributed by atoms with Crippen molar-refractivity contribution in [2.45, 2.75) is 32.3 Å². The first kappa shape index (κ1) is 14.5. The number of hydrogen-bond acceptors (Lipinski definition) is 4. The van der Waals surface area contributed by atoms with Crippen LogP contribution >= 0.6 is 0 Å². The van der Waals surface area contributed by atoms with Gasteiger partial charge in [0.15, 0.2) is 0 Å². The van der Waals surface area contributed by atoms with Crippen LogP contribution in [0.15, 0.2) is 24.3 Å². The van der Waals surface area contributed by atoms with Gasteiger partial charge in [-0.25, -0.2) is 4.79 Å². The molecule has 1 amide bonds. The number of carbonyl (C=O) groups is 2. The van der Waals surface area contributed by atoms with E-state index in [1.165, 1.54) is 0 Å². The van der Waals surface area contributed by atoms with Gasteiger partial charge in [0.05, 0.1) is 24.7 Å². The Morgan fingerprint density at radius 3 is 2.70 bits per heavy atom. The van der Waals surface area contributed by atoms with Crippen molar-refractivity contribution in [3.8, 4) is 0 Å². The molecule has 0 spiro atoms. The van der Waals surface area contributed by atoms with E-state index in [0.29, 0.717) is 24.3 Å². The maximum Gasteiger partial charge on any atom is 0.338 e. The van der Waals surface area contributed by atoms with Crippen molar-refractivity contribution >= 4 is 17.6 Å². The minimum Gasteiger partial charge on any atom is -0.462 e. The van der Waals surface area contributed by atoms with E-state index < -0.39 is 0 Å². The third-order valence-corrected chi connectivity index (χ3v) is 3.12. The third-order valence-electron chi connectivity index (χ3n) is 3.12. The van der Waals surface area contributed by atoms with Crippen LogP contribution < -0.4 is 5.32 Å². The van der Waals surface area contributed by atoms with Gasteiger partial charge in [0.2, 0.25) is 5.91 Å². The highest BCUT2D eigenvalue weighted by molar-refractivity contribution is 5.93. The van der Waals surface area contributed by atoms with Gasteiger partial charge in [-0.3, -0.25) is 4.79 Å². The number of carbonyl (C=O) groups excluding carboxylic acids is 2. The Morgan fingerprint density at radius 1 is 1.35 bits per heavy atom. The van der Waals surface area contributed by atoms with Crippen molar-refractivity contribution in [2.24, 2.45) is 0 Å². The van der Waals surface area contributed by atoms with Gasteiger partial charge in [-0.2, -0.15) is 0 Å². The maximum atomic E-state index is 11.8. The van der Waals surface area contributed by atoms with Crippen LogP contribution in [0.2, 0.25) is 0 Å². The average Bonchev–Trinajstić information content (AvgIpc) is 2.92. The minimum absolute atomic E-state index is 0.0359. The molecule has 1 saturated heterocycles. The summed E-state index contributed by atoms with van der Waals surface area (Å²) in [5.41, 5.74) is 1.14. The first-order valence-corrected chi connectivity index (χ1v) is 6.87. The SMILES string of the molecule is CCOC(=O)c1ccc(NC(=O)CC2CCCO2)cc1. The summed E-state index contributed by atoms with van der Waals surface area (Å²) in [6.45, 7) is 2.85. The van der Waals surface area contributed by atoms with E-state index in [1.807, 2.05) is 0 Å². The van der Waals surface area contributed by atoms with E-state index in [2.05, 4.69) is 5.32 Å². The van der Waals surface area contributed by atoms with E-state index in [1.54, 1.807) is 31.2 Å². The lowest BCUT2D eigenvalue weighted by Crippen LogP contribution is -2.19. The zero-order valence-corrected chi connectivity index (χ0v) is 11.6. The lowest BCUT2D eigenvalue weighted by Gasteiger charge is -2.10. The standard InChI is InChI=1S/C15H19NO4/c1-2-19-15(18)11-5-7-12(8-6-11)16-14(17)10-13-4-3-9-20-13/h5-8,13H,2-4,9-10H2,1H3,(H,16,17). The molecule has 1 aliphatic rings. The zero-order chi connectivity index (χ0) is 14.4. The monoisotopic (exact) mass is 277 g/mol. The Balaban J connectivity index is 1.86. The van der Waals surface area contributed by atoms with E-state index in [0.717, 1.165) is 19.4 Å². The van der Waals surface area contributed by atoms with Gasteiger partial charge >= 0.3 is 5.97 Å². The number of esters is 1. The predicted molar refractivity (Wildman–Crippen MR) is 74.6 cm³/mol. The zero-order valence-electron chi connectivity index (χ0n) is 11.6. The fraction of sp³-hybridized carbons (Fsp3) is 0.467. The quantitative estimate of drug-likeness (QED) is 0.839. The molecule has 1 aliphatic heterocycles. The highest BCUT2D eigenvalue weighted by Crippen LogP contribution is 2.17. The first-order chi connectivity index (χ1) is 9.69. The summed E-state index contributed by atoms with van der Waals surface area (Å²) in [6.07, 6.45) is 2.37. The molecule has 108 valence electrons. The lowest BCUT2D eigenvalue weighted by atomic mass is 10.1. The average molecular weight is 277 g/mol. The van der Waals surface area contributed by atoms with Crippen molar-refractivity contribution in [3.63, 3.8) is 0 Å². The molecule has 1 N–H and O–H groups in total. The molecule has 0 radical (unpaired) electrons. The number of benzene rings is 1. The van der Waals surface area contributed by atoms with Gasteiger partial charge in [0.25, 0.3) is 0 Å². The number of rotatable bonds is 5. The molecular weight excluding hydrogens is 258 g/mol. The first-order valence-electron chi connectivity index (χ1n) is 6.87. The number of hydrogen-bond donors (Lipinski definition) is 1. The molecular formula is C15H19NO4. The summed E-state index contributed by atoms with van der Waals surface area (Å²) < 4.78 is 10.3. The molecule has 1 atom stereocenters. The van der Waals surface area contributed by atoms with Gasteiger partial charge in [-0.05, 0) is 44.0 Å². The van der Waals surface area contributed by atoms with Gasteiger partial charge in [0.1, 0.15) is 0 Å². The van der Waals surface area contributed by atoms with Crippen molar-refractivity contribution < 1.29 is 19.1 Å². The molecule has 1 fully saturated rings. The van der Waals surface area contributed by atoms with Crippen molar-refractivity contribution in [2.75, 3.05) is 18.5 Å². The van der Waals surface area contributed by atoms with Gasteiger partial charge in [-0.15, -0.1) is 0 Å². The second kappa shape index (κ2) is 7.05. The van der Waals surface area contributed by atoms with E-state index >= 15 is 0 Å². The maximum absolute atomic E-state index is 11.8. The molecule has 0 bridgehead atoms. The van der Waals surface area contributed by atoms with Crippen molar-refractivity contribution in [1.29, 1.82) is 0 Å². The highest BCUT2D eigenvalue weighted by Gasteiger charge is 2.19. The minimum atomic E-state index is -0.357. The molecule has 5 nitrogen and oxygen atoms in total. The Kier molecular flexibility index (Phi) is 5.12. The van der Waals surface area contributed by atoms with Crippen molar-refractivity contribution in [3.05, 3.63) is 29.8 Å². The van der Waals surface area contributed by atoms with Crippen LogP contribution in [-0.2, 0) is 14.3 Å². The van der Waals surface area contributed by atoms with E-state index in [-0.39, 0.29) is 18.0 Å². The second-order valence-electron chi connectivity index (χ2n) is 4.69. The molecule has 20 heavy (non-hydrogen) atoms. The Labute approximate surface area is 118 Å². The molecule has 0 saturated carbocycles. The Morgan fingerprint density at radius 2 is 2.10 bits per heavy atom. The highest BCUT2D eigenvalue weighted by atomic mass is 16.5. The molecule has 2 rings (SSSR count). The normalized spacial score (nSPS) is 17.8. The van der Waals surface area contributed by atoms with Crippen LogP contribution in [0.5, 0.6) is 0 Å². The van der Waals surface area contributed by atoms with Crippen LogP contribution in [0, 0.1) is 0 Å². The molecule has 1 aromatic rings. The summed E-state index contributed by atoms with van der Waals surface area (Å²) in [5.74, 6) is -0.425.